The summed E-state index contributed by atoms with van der Waals surface area (Å²) in [6.45, 7) is 5.80. The van der Waals surface area contributed by atoms with Gasteiger partial charge in [0, 0.05) is 0 Å². The summed E-state index contributed by atoms with van der Waals surface area (Å²) in [6, 6.07) is 5.62. The molecular weight excluding hydrogens is 216 g/mol. The van der Waals surface area contributed by atoms with Crippen molar-refractivity contribution >= 4 is 5.97 Å². The molecule has 0 saturated carbocycles. The lowest BCUT2D eigenvalue weighted by Gasteiger charge is -2.21. The van der Waals surface area contributed by atoms with E-state index >= 15 is 0 Å². The SMILES string of the molecule is CCCC(C(=O)O)C(O)c1cccc(C)c1C. The summed E-state index contributed by atoms with van der Waals surface area (Å²) in [5.74, 6) is -1.65. The largest absolute Gasteiger partial charge is 0.481 e. The van der Waals surface area contributed by atoms with Crippen LogP contribution in [0.3, 0.4) is 0 Å². The van der Waals surface area contributed by atoms with Crippen molar-refractivity contribution in [1.29, 1.82) is 0 Å². The van der Waals surface area contributed by atoms with Crippen LogP contribution in [0.2, 0.25) is 0 Å². The molecule has 0 heterocycles. The number of hydrogen-bond acceptors (Lipinski definition) is 2. The fourth-order valence-corrected chi connectivity index (χ4v) is 2.04. The minimum absolute atomic E-state index is 0.490. The maximum absolute atomic E-state index is 11.1. The van der Waals surface area contributed by atoms with Crippen molar-refractivity contribution in [3.63, 3.8) is 0 Å². The number of aryl methyl sites for hydroxylation is 1. The van der Waals surface area contributed by atoms with E-state index in [2.05, 4.69) is 0 Å². The van der Waals surface area contributed by atoms with Crippen molar-refractivity contribution in [2.24, 2.45) is 5.92 Å². The summed E-state index contributed by atoms with van der Waals surface area (Å²) < 4.78 is 0. The van der Waals surface area contributed by atoms with Gasteiger partial charge in [0.1, 0.15) is 0 Å². The lowest BCUT2D eigenvalue weighted by Crippen LogP contribution is -2.22. The van der Waals surface area contributed by atoms with Gasteiger partial charge in [-0.1, -0.05) is 31.5 Å². The molecule has 1 aromatic carbocycles. The van der Waals surface area contributed by atoms with Crippen LogP contribution in [-0.4, -0.2) is 16.2 Å². The molecule has 2 atom stereocenters. The van der Waals surface area contributed by atoms with Gasteiger partial charge in [-0.2, -0.15) is 0 Å². The van der Waals surface area contributed by atoms with Crippen LogP contribution in [0.25, 0.3) is 0 Å². The fourth-order valence-electron chi connectivity index (χ4n) is 2.04. The first kappa shape index (κ1) is 13.7. The minimum Gasteiger partial charge on any atom is -0.481 e. The molecule has 2 N–H and O–H groups in total. The van der Waals surface area contributed by atoms with E-state index in [0.29, 0.717) is 6.42 Å². The summed E-state index contributed by atoms with van der Waals surface area (Å²) in [5, 5.41) is 19.3. The van der Waals surface area contributed by atoms with E-state index in [9.17, 15) is 9.90 Å². The Balaban J connectivity index is 3.05. The molecule has 3 heteroatoms. The van der Waals surface area contributed by atoms with E-state index < -0.39 is 18.0 Å². The lowest BCUT2D eigenvalue weighted by atomic mass is 9.88. The zero-order valence-corrected chi connectivity index (χ0v) is 10.6. The number of aliphatic hydroxyl groups excluding tert-OH is 1. The number of carbonyl (C=O) groups is 1. The summed E-state index contributed by atoms with van der Waals surface area (Å²) in [4.78, 5) is 11.1. The highest BCUT2D eigenvalue weighted by molar-refractivity contribution is 5.71. The van der Waals surface area contributed by atoms with Gasteiger partial charge in [0.15, 0.2) is 0 Å². The van der Waals surface area contributed by atoms with Gasteiger partial charge in [-0.15, -0.1) is 0 Å². The Morgan fingerprint density at radius 1 is 1.35 bits per heavy atom. The van der Waals surface area contributed by atoms with Crippen molar-refractivity contribution in [2.45, 2.75) is 39.7 Å². The van der Waals surface area contributed by atoms with E-state index in [-0.39, 0.29) is 0 Å². The molecule has 0 fully saturated rings. The summed E-state index contributed by atoms with van der Waals surface area (Å²) in [6.07, 6.45) is 0.315. The third kappa shape index (κ3) is 3.07. The molecule has 1 rings (SSSR count). The quantitative estimate of drug-likeness (QED) is 0.826. The first-order valence-electron chi connectivity index (χ1n) is 5.96. The van der Waals surface area contributed by atoms with Gasteiger partial charge >= 0.3 is 5.97 Å². The Kier molecular flexibility index (Phi) is 4.70. The van der Waals surface area contributed by atoms with Crippen LogP contribution in [0.15, 0.2) is 18.2 Å². The van der Waals surface area contributed by atoms with E-state index in [0.717, 1.165) is 23.1 Å². The molecule has 2 unspecified atom stereocenters. The third-order valence-electron chi connectivity index (χ3n) is 3.26. The Morgan fingerprint density at radius 2 is 2.00 bits per heavy atom. The average Bonchev–Trinajstić information content (AvgIpc) is 2.28. The highest BCUT2D eigenvalue weighted by Crippen LogP contribution is 2.29. The molecule has 0 spiro atoms. The highest BCUT2D eigenvalue weighted by atomic mass is 16.4. The van der Waals surface area contributed by atoms with Crippen molar-refractivity contribution in [1.82, 2.24) is 0 Å². The third-order valence-corrected chi connectivity index (χ3v) is 3.26. The van der Waals surface area contributed by atoms with Gasteiger partial charge in [0.25, 0.3) is 0 Å². The standard InChI is InChI=1S/C14H20O3/c1-4-6-12(14(16)17)13(15)11-8-5-7-9(2)10(11)3/h5,7-8,12-13,15H,4,6H2,1-3H3,(H,16,17). The van der Waals surface area contributed by atoms with Gasteiger partial charge in [-0.25, -0.2) is 0 Å². The molecule has 1 aromatic rings. The fraction of sp³-hybridized carbons (Fsp3) is 0.500. The van der Waals surface area contributed by atoms with Crippen LogP contribution < -0.4 is 0 Å². The Hall–Kier alpha value is -1.35. The number of benzene rings is 1. The molecule has 0 aliphatic heterocycles. The molecule has 0 bridgehead atoms. The van der Waals surface area contributed by atoms with Crippen LogP contribution in [-0.2, 0) is 4.79 Å². The van der Waals surface area contributed by atoms with E-state index in [4.69, 9.17) is 5.11 Å². The van der Waals surface area contributed by atoms with Gasteiger partial charge in [-0.05, 0) is 37.0 Å². The Labute approximate surface area is 102 Å². The van der Waals surface area contributed by atoms with Crippen molar-refractivity contribution < 1.29 is 15.0 Å². The van der Waals surface area contributed by atoms with Crippen LogP contribution in [0, 0.1) is 19.8 Å². The zero-order chi connectivity index (χ0) is 13.0. The number of hydrogen-bond donors (Lipinski definition) is 2. The molecule has 0 amide bonds. The van der Waals surface area contributed by atoms with Crippen LogP contribution in [0.5, 0.6) is 0 Å². The number of rotatable bonds is 5. The maximum atomic E-state index is 11.1. The average molecular weight is 236 g/mol. The molecule has 0 aliphatic rings. The Bertz CT molecular complexity index is 398. The number of aliphatic hydroxyl groups is 1. The number of aliphatic carboxylic acids is 1. The van der Waals surface area contributed by atoms with E-state index in [1.165, 1.54) is 0 Å². The molecule has 94 valence electrons. The zero-order valence-electron chi connectivity index (χ0n) is 10.6. The predicted octanol–water partition coefficient (Wildman–Crippen LogP) is 2.84. The molecule has 17 heavy (non-hydrogen) atoms. The van der Waals surface area contributed by atoms with Gasteiger partial charge in [-0.3, -0.25) is 4.79 Å². The van der Waals surface area contributed by atoms with Crippen molar-refractivity contribution in [2.75, 3.05) is 0 Å². The lowest BCUT2D eigenvalue weighted by molar-refractivity contribution is -0.146. The van der Waals surface area contributed by atoms with Crippen LogP contribution in [0.4, 0.5) is 0 Å². The molecule has 0 aromatic heterocycles. The molecule has 0 saturated heterocycles. The van der Waals surface area contributed by atoms with Crippen molar-refractivity contribution in [3.05, 3.63) is 34.9 Å². The number of carboxylic acids is 1. The first-order valence-corrected chi connectivity index (χ1v) is 5.96. The van der Waals surface area contributed by atoms with Crippen LogP contribution >= 0.6 is 0 Å². The second-order valence-electron chi connectivity index (χ2n) is 4.47. The normalized spacial score (nSPS) is 14.4. The predicted molar refractivity (Wildman–Crippen MR) is 66.9 cm³/mol. The smallest absolute Gasteiger partial charge is 0.309 e. The topological polar surface area (TPSA) is 57.5 Å². The van der Waals surface area contributed by atoms with E-state index in [1.807, 2.05) is 32.9 Å². The van der Waals surface area contributed by atoms with Crippen LogP contribution in [0.1, 0.15) is 42.6 Å². The number of carboxylic acid groups (broad SMARTS) is 1. The van der Waals surface area contributed by atoms with Gasteiger partial charge in [0.05, 0.1) is 12.0 Å². The summed E-state index contributed by atoms with van der Waals surface area (Å²) in [5.41, 5.74) is 2.77. The van der Waals surface area contributed by atoms with Crippen molar-refractivity contribution in [3.8, 4) is 0 Å². The first-order chi connectivity index (χ1) is 7.99. The monoisotopic (exact) mass is 236 g/mol. The molecule has 0 aliphatic carbocycles. The summed E-state index contributed by atoms with van der Waals surface area (Å²) >= 11 is 0. The second kappa shape index (κ2) is 5.82. The second-order valence-corrected chi connectivity index (χ2v) is 4.47. The molecular formula is C14H20O3. The molecule has 3 nitrogen and oxygen atoms in total. The minimum atomic E-state index is -0.930. The maximum Gasteiger partial charge on any atom is 0.309 e. The Morgan fingerprint density at radius 3 is 2.53 bits per heavy atom. The molecule has 0 radical (unpaired) electrons. The van der Waals surface area contributed by atoms with E-state index in [1.54, 1.807) is 6.07 Å². The highest BCUT2D eigenvalue weighted by Gasteiger charge is 2.27. The summed E-state index contributed by atoms with van der Waals surface area (Å²) in [7, 11) is 0. The van der Waals surface area contributed by atoms with Gasteiger partial charge in [0.2, 0.25) is 0 Å². The van der Waals surface area contributed by atoms with Gasteiger partial charge < -0.3 is 10.2 Å².